The number of hydrogen-bond donors (Lipinski definition) is 0. The maximum absolute atomic E-state index is 2.57. The van der Waals surface area contributed by atoms with E-state index in [1.54, 1.807) is 0 Å². The first-order valence-corrected chi connectivity index (χ1v) is 12.3. The molecule has 0 atom stereocenters. The van der Waals surface area contributed by atoms with Crippen LogP contribution in [0, 0.1) is 0 Å². The summed E-state index contributed by atoms with van der Waals surface area (Å²) in [5, 5.41) is 2.78. The Kier molecular flexibility index (Phi) is 3.00. The monoisotopic (exact) mass is 431 g/mol. The lowest BCUT2D eigenvalue weighted by molar-refractivity contribution is 1.04. The van der Waals surface area contributed by atoms with E-state index >= 15 is 0 Å². The minimum Gasteiger partial charge on any atom is -0.309 e. The van der Waals surface area contributed by atoms with Gasteiger partial charge in [0.25, 0.3) is 0 Å². The highest BCUT2D eigenvalue weighted by Crippen LogP contribution is 2.47. The number of benzene rings is 5. The summed E-state index contributed by atoms with van der Waals surface area (Å²) in [6, 6.07) is 34.6. The van der Waals surface area contributed by atoms with Crippen molar-refractivity contribution in [3.63, 3.8) is 0 Å². The highest BCUT2D eigenvalue weighted by Gasteiger charge is 2.28. The maximum Gasteiger partial charge on any atom is 0.0576 e. The van der Waals surface area contributed by atoms with Gasteiger partial charge in [0, 0.05) is 17.2 Å². The van der Waals surface area contributed by atoms with Crippen molar-refractivity contribution in [2.75, 3.05) is 0 Å². The molecule has 0 N–H and O–H groups in total. The second-order valence-electron chi connectivity index (χ2n) is 10.2. The van der Waals surface area contributed by atoms with Crippen molar-refractivity contribution in [3.05, 3.63) is 124 Å². The highest BCUT2D eigenvalue weighted by atomic mass is 15.0. The molecule has 1 aliphatic heterocycles. The average Bonchev–Trinajstić information content (AvgIpc) is 3.52. The Morgan fingerprint density at radius 1 is 0.441 bits per heavy atom. The fraction of sp³-hybridized carbons (Fsp3) is 0.0909. The van der Waals surface area contributed by atoms with E-state index in [1.165, 1.54) is 83.1 Å². The third-order valence-corrected chi connectivity index (χ3v) is 8.40. The van der Waals surface area contributed by atoms with Gasteiger partial charge in [-0.05, 0) is 92.7 Å². The van der Waals surface area contributed by atoms with Crippen LogP contribution in [0.3, 0.4) is 0 Å². The summed E-state index contributed by atoms with van der Waals surface area (Å²) in [6.45, 7) is 0. The Balaban J connectivity index is 1.38. The van der Waals surface area contributed by atoms with E-state index in [0.717, 1.165) is 19.3 Å². The van der Waals surface area contributed by atoms with E-state index in [-0.39, 0.29) is 0 Å². The smallest absolute Gasteiger partial charge is 0.0576 e. The van der Waals surface area contributed by atoms with Crippen molar-refractivity contribution >= 4 is 21.8 Å². The van der Waals surface area contributed by atoms with E-state index in [1.807, 2.05) is 0 Å². The molecule has 0 unspecified atom stereocenters. The van der Waals surface area contributed by atoms with Crippen molar-refractivity contribution in [2.24, 2.45) is 0 Å². The number of nitrogens with zero attached hydrogens (tertiary/aromatic N) is 1. The van der Waals surface area contributed by atoms with Gasteiger partial charge in [0.2, 0.25) is 0 Å². The van der Waals surface area contributed by atoms with Crippen molar-refractivity contribution in [3.8, 4) is 27.9 Å². The molecule has 0 saturated heterocycles. The molecule has 0 saturated carbocycles. The zero-order valence-corrected chi connectivity index (χ0v) is 18.7. The van der Waals surface area contributed by atoms with Crippen LogP contribution in [0.5, 0.6) is 0 Å². The standard InChI is InChI=1S/C33H21N/c1-3-9-25-20(7-1)13-23-17-31-24(16-28(23)25)14-21-8-5-11-27-30-15-22-12-19-6-2-4-10-26(19)29(22)18-32(30)34(31)33(21)27/h1-11,15-18H,12-14H2. The zero-order valence-electron chi connectivity index (χ0n) is 18.7. The summed E-state index contributed by atoms with van der Waals surface area (Å²) < 4.78 is 2.57. The Bertz CT molecular complexity index is 1880. The molecule has 2 heterocycles. The van der Waals surface area contributed by atoms with Crippen molar-refractivity contribution in [2.45, 2.75) is 19.3 Å². The molecule has 3 aliphatic rings. The van der Waals surface area contributed by atoms with Crippen LogP contribution in [0.1, 0.15) is 33.4 Å². The van der Waals surface area contributed by atoms with Crippen LogP contribution >= 0.6 is 0 Å². The first kappa shape index (κ1) is 17.4. The molecular formula is C33H21N. The second kappa shape index (κ2) is 5.87. The van der Waals surface area contributed by atoms with Gasteiger partial charge in [-0.3, -0.25) is 0 Å². The molecule has 1 nitrogen and oxygen atoms in total. The van der Waals surface area contributed by atoms with Gasteiger partial charge in [-0.2, -0.15) is 0 Å². The van der Waals surface area contributed by atoms with Gasteiger partial charge < -0.3 is 4.57 Å². The molecule has 0 radical (unpaired) electrons. The number of para-hydroxylation sites is 1. The van der Waals surface area contributed by atoms with Gasteiger partial charge in [-0.15, -0.1) is 0 Å². The van der Waals surface area contributed by atoms with E-state index in [0.29, 0.717) is 0 Å². The third-order valence-electron chi connectivity index (χ3n) is 8.40. The highest BCUT2D eigenvalue weighted by molar-refractivity contribution is 6.12. The molecule has 6 aromatic rings. The zero-order chi connectivity index (χ0) is 22.0. The first-order valence-electron chi connectivity index (χ1n) is 12.3. The van der Waals surface area contributed by atoms with Crippen LogP contribution in [0.15, 0.2) is 91.0 Å². The molecule has 1 heteroatoms. The lowest BCUT2D eigenvalue weighted by atomic mass is 9.93. The summed E-state index contributed by atoms with van der Waals surface area (Å²) in [5.74, 6) is 0. The van der Waals surface area contributed by atoms with Gasteiger partial charge in [0.1, 0.15) is 0 Å². The van der Waals surface area contributed by atoms with Crippen LogP contribution in [0.25, 0.3) is 49.7 Å². The fourth-order valence-corrected chi connectivity index (χ4v) is 6.93. The average molecular weight is 432 g/mol. The minimum atomic E-state index is 1.00. The summed E-state index contributed by atoms with van der Waals surface area (Å²) in [4.78, 5) is 0. The molecule has 2 aliphatic carbocycles. The molecule has 1 aromatic heterocycles. The van der Waals surface area contributed by atoms with Crippen molar-refractivity contribution in [1.82, 2.24) is 4.57 Å². The molecule has 5 aromatic carbocycles. The quantitative estimate of drug-likeness (QED) is 0.231. The molecular weight excluding hydrogens is 410 g/mol. The topological polar surface area (TPSA) is 4.93 Å². The predicted molar refractivity (Wildman–Crippen MR) is 140 cm³/mol. The van der Waals surface area contributed by atoms with Crippen LogP contribution in [0.2, 0.25) is 0 Å². The van der Waals surface area contributed by atoms with Gasteiger partial charge in [0.15, 0.2) is 0 Å². The Morgan fingerprint density at radius 2 is 1.09 bits per heavy atom. The van der Waals surface area contributed by atoms with Crippen LogP contribution in [-0.2, 0) is 19.3 Å². The van der Waals surface area contributed by atoms with E-state index in [4.69, 9.17) is 0 Å². The Labute approximate surface area is 197 Å². The minimum absolute atomic E-state index is 1.00. The van der Waals surface area contributed by atoms with Crippen LogP contribution in [0.4, 0.5) is 0 Å². The van der Waals surface area contributed by atoms with Crippen molar-refractivity contribution < 1.29 is 0 Å². The number of fused-ring (bicyclic) bond motifs is 11. The second-order valence-corrected chi connectivity index (χ2v) is 10.2. The van der Waals surface area contributed by atoms with Gasteiger partial charge in [-0.25, -0.2) is 0 Å². The van der Waals surface area contributed by atoms with Gasteiger partial charge in [0.05, 0.1) is 16.7 Å². The number of aromatic nitrogens is 1. The summed E-state index contributed by atoms with van der Waals surface area (Å²) in [7, 11) is 0. The van der Waals surface area contributed by atoms with Gasteiger partial charge in [-0.1, -0.05) is 66.7 Å². The van der Waals surface area contributed by atoms with E-state index in [9.17, 15) is 0 Å². The molecule has 158 valence electrons. The third kappa shape index (κ3) is 2.02. The molecule has 0 amide bonds. The predicted octanol–water partition coefficient (Wildman–Crippen LogP) is 7.83. The van der Waals surface area contributed by atoms with Crippen LogP contribution in [-0.4, -0.2) is 4.57 Å². The summed E-state index contributed by atoms with van der Waals surface area (Å²) in [5.41, 5.74) is 18.5. The van der Waals surface area contributed by atoms with E-state index in [2.05, 4.69) is 95.6 Å². The fourth-order valence-electron chi connectivity index (χ4n) is 6.93. The summed E-state index contributed by atoms with van der Waals surface area (Å²) in [6.07, 6.45) is 3.07. The lowest BCUT2D eigenvalue weighted by Gasteiger charge is -2.22. The number of rotatable bonds is 0. The number of hydrogen-bond acceptors (Lipinski definition) is 0. The summed E-state index contributed by atoms with van der Waals surface area (Å²) >= 11 is 0. The lowest BCUT2D eigenvalue weighted by Crippen LogP contribution is -2.08. The molecule has 0 bridgehead atoms. The molecule has 0 fully saturated rings. The molecule has 34 heavy (non-hydrogen) atoms. The van der Waals surface area contributed by atoms with Crippen LogP contribution < -0.4 is 0 Å². The molecule has 0 spiro atoms. The maximum atomic E-state index is 2.57. The largest absolute Gasteiger partial charge is 0.309 e. The SMILES string of the molecule is c1ccc2c(c1)Cc1cc3c(cc1-2)Cc1cccc2c4cc5c(cc4n-3c12)-c1ccccc1C5. The Hall–Kier alpha value is -4.10. The first-order chi connectivity index (χ1) is 16.8. The van der Waals surface area contributed by atoms with Crippen molar-refractivity contribution in [1.29, 1.82) is 0 Å². The normalized spacial score (nSPS) is 14.1. The Morgan fingerprint density at radius 3 is 1.88 bits per heavy atom. The molecule has 9 rings (SSSR count). The van der Waals surface area contributed by atoms with Gasteiger partial charge >= 0.3 is 0 Å². The van der Waals surface area contributed by atoms with E-state index < -0.39 is 0 Å².